The minimum atomic E-state index is -0.151. The minimum absolute atomic E-state index is 0.151. The Bertz CT molecular complexity index is 444. The highest BCUT2D eigenvalue weighted by Crippen LogP contribution is 2.13. The Morgan fingerprint density at radius 2 is 2.31 bits per heavy atom. The van der Waals surface area contributed by atoms with Crippen molar-refractivity contribution in [3.05, 3.63) is 29.9 Å². The van der Waals surface area contributed by atoms with Crippen LogP contribution in [0.1, 0.15) is 30.3 Å². The molecule has 2 rings (SSSR count). The molecule has 0 aromatic carbocycles. The molecule has 3 N–H and O–H groups in total. The molecule has 6 heteroatoms. The van der Waals surface area contributed by atoms with E-state index in [1.807, 2.05) is 11.5 Å². The van der Waals surface area contributed by atoms with E-state index in [0.717, 1.165) is 23.9 Å². The summed E-state index contributed by atoms with van der Waals surface area (Å²) in [5.74, 6) is 1.73. The largest absolute Gasteiger partial charge is 0.348 e. The van der Waals surface area contributed by atoms with Gasteiger partial charge in [0.1, 0.15) is 11.6 Å². The van der Waals surface area contributed by atoms with Gasteiger partial charge in [0.05, 0.1) is 12.4 Å². The SMILES string of the molecule is CCn1c(C)nnc1[C@H](N)Cc1cnc[nH]1. The van der Waals surface area contributed by atoms with Crippen molar-refractivity contribution in [1.29, 1.82) is 0 Å². The van der Waals surface area contributed by atoms with E-state index < -0.39 is 0 Å². The molecule has 0 saturated carbocycles. The molecule has 16 heavy (non-hydrogen) atoms. The highest BCUT2D eigenvalue weighted by atomic mass is 15.3. The van der Waals surface area contributed by atoms with E-state index in [2.05, 4.69) is 27.1 Å². The van der Waals surface area contributed by atoms with Crippen LogP contribution in [0.4, 0.5) is 0 Å². The quantitative estimate of drug-likeness (QED) is 0.789. The van der Waals surface area contributed by atoms with Gasteiger partial charge >= 0.3 is 0 Å². The summed E-state index contributed by atoms with van der Waals surface area (Å²) in [6, 6.07) is -0.151. The number of nitrogens with two attached hydrogens (primary N) is 1. The molecule has 1 atom stereocenters. The third-order valence-corrected chi connectivity index (χ3v) is 2.61. The van der Waals surface area contributed by atoms with E-state index in [9.17, 15) is 0 Å². The fourth-order valence-corrected chi connectivity index (χ4v) is 1.79. The second kappa shape index (κ2) is 4.44. The van der Waals surface area contributed by atoms with Crippen LogP contribution >= 0.6 is 0 Å². The van der Waals surface area contributed by atoms with Gasteiger partial charge in [0.15, 0.2) is 0 Å². The molecule has 86 valence electrons. The fourth-order valence-electron chi connectivity index (χ4n) is 1.79. The number of H-pyrrole nitrogens is 1. The molecule has 0 spiro atoms. The zero-order valence-electron chi connectivity index (χ0n) is 9.51. The van der Waals surface area contributed by atoms with Crippen LogP contribution in [0.2, 0.25) is 0 Å². The molecule has 2 aromatic heterocycles. The van der Waals surface area contributed by atoms with Crippen molar-refractivity contribution < 1.29 is 0 Å². The van der Waals surface area contributed by atoms with Gasteiger partial charge in [-0.15, -0.1) is 10.2 Å². The van der Waals surface area contributed by atoms with Crippen molar-refractivity contribution in [1.82, 2.24) is 24.7 Å². The summed E-state index contributed by atoms with van der Waals surface area (Å²) in [6.45, 7) is 4.83. The Kier molecular flexibility index (Phi) is 3.00. The first kappa shape index (κ1) is 10.8. The highest BCUT2D eigenvalue weighted by molar-refractivity contribution is 5.05. The lowest BCUT2D eigenvalue weighted by Gasteiger charge is -2.11. The average molecular weight is 220 g/mol. The molecule has 0 aliphatic carbocycles. The smallest absolute Gasteiger partial charge is 0.150 e. The summed E-state index contributed by atoms with van der Waals surface area (Å²) in [5, 5.41) is 8.17. The van der Waals surface area contributed by atoms with E-state index in [4.69, 9.17) is 5.73 Å². The lowest BCUT2D eigenvalue weighted by molar-refractivity contribution is 0.588. The summed E-state index contributed by atoms with van der Waals surface area (Å²) >= 11 is 0. The molecule has 0 aliphatic heterocycles. The summed E-state index contributed by atoms with van der Waals surface area (Å²) in [4.78, 5) is 7.00. The van der Waals surface area contributed by atoms with Crippen LogP contribution in [-0.2, 0) is 13.0 Å². The van der Waals surface area contributed by atoms with Gasteiger partial charge in [0.25, 0.3) is 0 Å². The molecule has 0 radical (unpaired) electrons. The lowest BCUT2D eigenvalue weighted by Crippen LogP contribution is -2.19. The maximum Gasteiger partial charge on any atom is 0.150 e. The first-order valence-electron chi connectivity index (χ1n) is 5.35. The predicted molar refractivity (Wildman–Crippen MR) is 59.7 cm³/mol. The van der Waals surface area contributed by atoms with Gasteiger partial charge in [-0.1, -0.05) is 0 Å². The summed E-state index contributed by atoms with van der Waals surface area (Å²) < 4.78 is 2.03. The van der Waals surface area contributed by atoms with Crippen molar-refractivity contribution in [3.63, 3.8) is 0 Å². The molecule has 2 heterocycles. The number of aryl methyl sites for hydroxylation is 1. The second-order valence-electron chi connectivity index (χ2n) is 3.74. The number of imidazole rings is 1. The van der Waals surface area contributed by atoms with E-state index >= 15 is 0 Å². The Morgan fingerprint density at radius 3 is 2.94 bits per heavy atom. The van der Waals surface area contributed by atoms with Gasteiger partial charge < -0.3 is 15.3 Å². The van der Waals surface area contributed by atoms with Crippen molar-refractivity contribution in [3.8, 4) is 0 Å². The van der Waals surface area contributed by atoms with E-state index in [1.54, 1.807) is 12.5 Å². The summed E-state index contributed by atoms with van der Waals surface area (Å²) in [5.41, 5.74) is 7.11. The molecule has 0 bridgehead atoms. The zero-order chi connectivity index (χ0) is 11.5. The third-order valence-electron chi connectivity index (χ3n) is 2.61. The minimum Gasteiger partial charge on any atom is -0.348 e. The number of rotatable bonds is 4. The molecule has 2 aromatic rings. The molecule has 0 amide bonds. The predicted octanol–water partition coefficient (Wildman–Crippen LogP) is 0.572. The molecular formula is C10H16N6. The van der Waals surface area contributed by atoms with E-state index in [-0.39, 0.29) is 6.04 Å². The van der Waals surface area contributed by atoms with Gasteiger partial charge in [-0.2, -0.15) is 0 Å². The standard InChI is InChI=1S/C10H16N6/c1-3-16-7(2)14-15-10(16)9(11)4-8-5-12-6-13-8/h5-6,9H,3-4,11H2,1-2H3,(H,12,13)/t9-/m1/s1. The highest BCUT2D eigenvalue weighted by Gasteiger charge is 2.16. The first-order valence-corrected chi connectivity index (χ1v) is 5.35. The topological polar surface area (TPSA) is 85.4 Å². The van der Waals surface area contributed by atoms with E-state index in [0.29, 0.717) is 6.42 Å². The first-order chi connectivity index (χ1) is 7.72. The molecule has 0 aliphatic rings. The number of hydrogen-bond acceptors (Lipinski definition) is 4. The average Bonchev–Trinajstić information content (AvgIpc) is 2.87. The van der Waals surface area contributed by atoms with E-state index in [1.165, 1.54) is 0 Å². The zero-order valence-corrected chi connectivity index (χ0v) is 9.51. The van der Waals surface area contributed by atoms with Crippen LogP contribution in [0.5, 0.6) is 0 Å². The van der Waals surface area contributed by atoms with Crippen LogP contribution in [0.15, 0.2) is 12.5 Å². The van der Waals surface area contributed by atoms with Crippen molar-refractivity contribution in [2.45, 2.75) is 32.9 Å². The van der Waals surface area contributed by atoms with Gasteiger partial charge in [-0.3, -0.25) is 0 Å². The Balaban J connectivity index is 2.17. The maximum atomic E-state index is 6.10. The molecule has 0 fully saturated rings. The number of nitrogens with one attached hydrogen (secondary N) is 1. The molecule has 0 unspecified atom stereocenters. The molecule has 6 nitrogen and oxygen atoms in total. The van der Waals surface area contributed by atoms with Crippen molar-refractivity contribution in [2.24, 2.45) is 5.73 Å². The molecule has 0 saturated heterocycles. The Labute approximate surface area is 93.9 Å². The Hall–Kier alpha value is -1.69. The van der Waals surface area contributed by atoms with Gasteiger partial charge in [0.2, 0.25) is 0 Å². The van der Waals surface area contributed by atoms with Crippen LogP contribution in [0, 0.1) is 6.92 Å². The second-order valence-corrected chi connectivity index (χ2v) is 3.74. The van der Waals surface area contributed by atoms with Crippen LogP contribution in [-0.4, -0.2) is 24.7 Å². The van der Waals surface area contributed by atoms with Crippen molar-refractivity contribution >= 4 is 0 Å². The van der Waals surface area contributed by atoms with Crippen LogP contribution < -0.4 is 5.73 Å². The maximum absolute atomic E-state index is 6.10. The number of aromatic amines is 1. The Morgan fingerprint density at radius 1 is 1.50 bits per heavy atom. The summed E-state index contributed by atoms with van der Waals surface area (Å²) in [7, 11) is 0. The van der Waals surface area contributed by atoms with Gasteiger partial charge in [0, 0.05) is 24.9 Å². The van der Waals surface area contributed by atoms with Gasteiger partial charge in [-0.05, 0) is 13.8 Å². The van der Waals surface area contributed by atoms with Crippen LogP contribution in [0.25, 0.3) is 0 Å². The fraction of sp³-hybridized carbons (Fsp3) is 0.500. The summed E-state index contributed by atoms with van der Waals surface area (Å²) in [6.07, 6.45) is 4.12. The lowest BCUT2D eigenvalue weighted by atomic mass is 10.1. The van der Waals surface area contributed by atoms with Gasteiger partial charge in [-0.25, -0.2) is 4.98 Å². The normalized spacial score (nSPS) is 12.9. The third kappa shape index (κ3) is 1.96. The molecular weight excluding hydrogens is 204 g/mol. The van der Waals surface area contributed by atoms with Crippen LogP contribution in [0.3, 0.4) is 0 Å². The number of hydrogen-bond donors (Lipinski definition) is 2. The monoisotopic (exact) mass is 220 g/mol. The number of nitrogens with zero attached hydrogens (tertiary/aromatic N) is 4. The number of aromatic nitrogens is 5. The van der Waals surface area contributed by atoms with Crippen molar-refractivity contribution in [2.75, 3.05) is 0 Å².